The first-order valence-electron chi connectivity index (χ1n) is 26.9. The summed E-state index contributed by atoms with van der Waals surface area (Å²) in [5.41, 5.74) is 0. The maximum atomic E-state index is 13.2. The zero-order valence-electron chi connectivity index (χ0n) is 42.3. The SMILES string of the molecule is CCCCCC/C=C\CCCCCCCC(=O)NC(COC1OC(CO)C(OC2OC(CO)C(OC3OC(CO)C(O)C(O)C3O)C(O)C2O)C(O)C1O)C(O)CCCCCCCCCCCCCC. The molecule has 3 heterocycles. The number of ether oxygens (including phenoxy) is 6. The van der Waals surface area contributed by atoms with Gasteiger partial charge in [-0.2, -0.15) is 0 Å². The Balaban J connectivity index is 1.55. The van der Waals surface area contributed by atoms with E-state index in [0.29, 0.717) is 12.8 Å². The van der Waals surface area contributed by atoms with Crippen molar-refractivity contribution in [3.05, 3.63) is 12.2 Å². The molecule has 3 fully saturated rings. The first kappa shape index (κ1) is 62.8. The molecule has 19 nitrogen and oxygen atoms in total. The third-order valence-corrected chi connectivity index (χ3v) is 13.8. The first-order valence-corrected chi connectivity index (χ1v) is 26.9. The average Bonchev–Trinajstić information content (AvgIpc) is 3.35. The third-order valence-electron chi connectivity index (χ3n) is 13.8. The minimum Gasteiger partial charge on any atom is -0.394 e. The number of hydrogen-bond donors (Lipinski definition) is 12. The van der Waals surface area contributed by atoms with Gasteiger partial charge in [0.25, 0.3) is 0 Å². The van der Waals surface area contributed by atoms with Crippen LogP contribution in [0.1, 0.15) is 174 Å². The van der Waals surface area contributed by atoms with E-state index >= 15 is 0 Å². The number of rotatable bonds is 38. The fourth-order valence-electron chi connectivity index (χ4n) is 9.31. The largest absolute Gasteiger partial charge is 0.394 e. The Morgan fingerprint density at radius 3 is 1.40 bits per heavy atom. The number of unbranched alkanes of at least 4 members (excludes halogenated alkanes) is 20. The molecule has 0 spiro atoms. The highest BCUT2D eigenvalue weighted by Gasteiger charge is 2.53. The molecular weight excluding hydrogens is 915 g/mol. The van der Waals surface area contributed by atoms with Crippen LogP contribution in [0.15, 0.2) is 12.2 Å². The Labute approximate surface area is 416 Å². The van der Waals surface area contributed by atoms with Gasteiger partial charge in [0.2, 0.25) is 5.91 Å². The van der Waals surface area contributed by atoms with E-state index in [1.165, 1.54) is 77.0 Å². The molecule has 3 aliphatic rings. The molecule has 3 rings (SSSR count). The van der Waals surface area contributed by atoms with E-state index in [1.54, 1.807) is 0 Å². The molecule has 17 atom stereocenters. The third kappa shape index (κ3) is 21.8. The molecule has 0 aliphatic carbocycles. The van der Waals surface area contributed by atoms with Gasteiger partial charge in [0.1, 0.15) is 73.2 Å². The van der Waals surface area contributed by atoms with E-state index in [-0.39, 0.29) is 18.9 Å². The minimum absolute atomic E-state index is 0.254. The van der Waals surface area contributed by atoms with E-state index in [9.17, 15) is 61.0 Å². The number of nitrogens with one attached hydrogen (secondary N) is 1. The van der Waals surface area contributed by atoms with Crippen molar-refractivity contribution in [3.63, 3.8) is 0 Å². The molecule has 3 saturated heterocycles. The highest BCUT2D eigenvalue weighted by atomic mass is 16.8. The standard InChI is InChI=1S/C51H95NO18/c1-3-5-7-9-11-13-15-17-19-21-23-25-27-29-39(57)52-34(35(56)28-26-24-22-20-18-16-14-12-10-8-6-4-2)33-65-49-45(63)42(60)47(37(31-54)67-49)70-51-46(64)43(61)48(38(32-55)68-51)69-50-44(62)41(59)40(58)36(30-53)66-50/h13,15,34-38,40-51,53-56,58-64H,3-12,14,16-33H2,1-2H3,(H,52,57)/b15-13-. The Bertz CT molecular complexity index is 1350. The molecule has 0 radical (unpaired) electrons. The second kappa shape index (κ2) is 36.5. The summed E-state index contributed by atoms with van der Waals surface area (Å²) in [6.07, 6.45) is 4.57. The van der Waals surface area contributed by atoms with Gasteiger partial charge in [-0.1, -0.05) is 142 Å². The number of aliphatic hydroxyl groups excluding tert-OH is 11. The van der Waals surface area contributed by atoms with E-state index in [4.69, 9.17) is 28.4 Å². The van der Waals surface area contributed by atoms with Crippen LogP contribution in [0.25, 0.3) is 0 Å². The predicted octanol–water partition coefficient (Wildman–Crippen LogP) is 2.65. The van der Waals surface area contributed by atoms with E-state index in [2.05, 4.69) is 31.3 Å². The summed E-state index contributed by atoms with van der Waals surface area (Å²) in [4.78, 5) is 13.2. The lowest BCUT2D eigenvalue weighted by molar-refractivity contribution is -0.379. The van der Waals surface area contributed by atoms with Crippen LogP contribution in [0.5, 0.6) is 0 Å². The summed E-state index contributed by atoms with van der Waals surface area (Å²) in [6, 6.07) is -0.885. The monoisotopic (exact) mass is 1010 g/mol. The maximum Gasteiger partial charge on any atom is 0.220 e. The van der Waals surface area contributed by atoms with Crippen LogP contribution in [-0.4, -0.2) is 193 Å². The Morgan fingerprint density at radius 2 is 0.900 bits per heavy atom. The highest BCUT2D eigenvalue weighted by molar-refractivity contribution is 5.76. The van der Waals surface area contributed by atoms with Gasteiger partial charge in [-0.25, -0.2) is 0 Å². The van der Waals surface area contributed by atoms with Gasteiger partial charge in [0.05, 0.1) is 38.6 Å². The van der Waals surface area contributed by atoms with Crippen molar-refractivity contribution in [1.29, 1.82) is 0 Å². The fourth-order valence-corrected chi connectivity index (χ4v) is 9.31. The highest BCUT2D eigenvalue weighted by Crippen LogP contribution is 2.33. The zero-order valence-corrected chi connectivity index (χ0v) is 42.3. The molecule has 1 amide bonds. The van der Waals surface area contributed by atoms with Crippen LogP contribution >= 0.6 is 0 Å². The van der Waals surface area contributed by atoms with Crippen molar-refractivity contribution in [2.45, 2.75) is 279 Å². The van der Waals surface area contributed by atoms with Crippen LogP contribution in [-0.2, 0) is 33.2 Å². The lowest BCUT2D eigenvalue weighted by Gasteiger charge is -2.48. The lowest BCUT2D eigenvalue weighted by Crippen LogP contribution is -2.66. The summed E-state index contributed by atoms with van der Waals surface area (Å²) in [6.45, 7) is 1.73. The molecule has 0 aromatic heterocycles. The molecule has 412 valence electrons. The van der Waals surface area contributed by atoms with Crippen LogP contribution in [0, 0.1) is 0 Å². The fraction of sp³-hybridized carbons (Fsp3) is 0.941. The molecule has 0 aromatic carbocycles. The van der Waals surface area contributed by atoms with Gasteiger partial charge in [-0.15, -0.1) is 0 Å². The number of carbonyl (C=O) groups is 1. The van der Waals surface area contributed by atoms with Crippen molar-refractivity contribution in [2.24, 2.45) is 0 Å². The minimum atomic E-state index is -1.97. The molecule has 0 bridgehead atoms. The summed E-state index contributed by atoms with van der Waals surface area (Å²) in [5.74, 6) is -0.254. The summed E-state index contributed by atoms with van der Waals surface area (Å²) in [7, 11) is 0. The lowest BCUT2D eigenvalue weighted by atomic mass is 9.96. The van der Waals surface area contributed by atoms with Gasteiger partial charge in [0.15, 0.2) is 18.9 Å². The zero-order chi connectivity index (χ0) is 51.3. The summed E-state index contributed by atoms with van der Waals surface area (Å²) < 4.78 is 34.2. The predicted molar refractivity (Wildman–Crippen MR) is 259 cm³/mol. The summed E-state index contributed by atoms with van der Waals surface area (Å²) in [5, 5.41) is 120. The van der Waals surface area contributed by atoms with E-state index < -0.39 is 124 Å². The van der Waals surface area contributed by atoms with Crippen molar-refractivity contribution in [3.8, 4) is 0 Å². The van der Waals surface area contributed by atoms with Gasteiger partial charge in [-0.05, 0) is 38.5 Å². The molecule has 0 saturated carbocycles. The number of carbonyl (C=O) groups excluding carboxylic acids is 1. The molecule has 0 aromatic rings. The smallest absolute Gasteiger partial charge is 0.220 e. The average molecular weight is 1010 g/mol. The van der Waals surface area contributed by atoms with E-state index in [1.807, 2.05) is 0 Å². The summed E-state index contributed by atoms with van der Waals surface area (Å²) >= 11 is 0. The first-order chi connectivity index (χ1) is 33.8. The van der Waals surface area contributed by atoms with Crippen LogP contribution in [0.3, 0.4) is 0 Å². The molecule has 12 N–H and O–H groups in total. The normalized spacial score (nSPS) is 32.6. The molecule has 70 heavy (non-hydrogen) atoms. The maximum absolute atomic E-state index is 13.2. The van der Waals surface area contributed by atoms with Crippen LogP contribution in [0.2, 0.25) is 0 Å². The van der Waals surface area contributed by atoms with Crippen LogP contribution < -0.4 is 5.32 Å². The Hall–Kier alpha value is -1.47. The van der Waals surface area contributed by atoms with Crippen LogP contribution in [0.4, 0.5) is 0 Å². The molecule has 17 unspecified atom stereocenters. The second-order valence-corrected chi connectivity index (χ2v) is 19.7. The topological polar surface area (TPSA) is 307 Å². The van der Waals surface area contributed by atoms with Crippen molar-refractivity contribution >= 4 is 5.91 Å². The number of aliphatic hydroxyl groups is 11. The van der Waals surface area contributed by atoms with Gasteiger partial charge in [0, 0.05) is 6.42 Å². The van der Waals surface area contributed by atoms with Gasteiger partial charge in [-0.3, -0.25) is 4.79 Å². The van der Waals surface area contributed by atoms with Crippen molar-refractivity contribution < 1.29 is 89.4 Å². The number of hydrogen-bond acceptors (Lipinski definition) is 18. The second-order valence-electron chi connectivity index (χ2n) is 19.7. The Kier molecular flexibility index (Phi) is 32.7. The Morgan fingerprint density at radius 1 is 0.500 bits per heavy atom. The number of amides is 1. The quantitative estimate of drug-likeness (QED) is 0.0313. The molecular formula is C51H95NO18. The van der Waals surface area contributed by atoms with Gasteiger partial charge < -0.3 is 89.9 Å². The van der Waals surface area contributed by atoms with E-state index in [0.717, 1.165) is 64.2 Å². The number of allylic oxidation sites excluding steroid dienone is 2. The molecule has 19 heteroatoms. The molecule has 3 aliphatic heterocycles. The van der Waals surface area contributed by atoms with Crippen molar-refractivity contribution in [2.75, 3.05) is 26.4 Å². The van der Waals surface area contributed by atoms with Crippen molar-refractivity contribution in [1.82, 2.24) is 5.32 Å². The van der Waals surface area contributed by atoms with Gasteiger partial charge >= 0.3 is 0 Å².